The van der Waals surface area contributed by atoms with Gasteiger partial charge in [-0.3, -0.25) is 4.99 Å². The number of aromatic nitrogens is 3. The lowest BCUT2D eigenvalue weighted by molar-refractivity contribution is 0.282. The van der Waals surface area contributed by atoms with Crippen LogP contribution in [0.1, 0.15) is 16.7 Å². The molecule has 4 aromatic rings. The Morgan fingerprint density at radius 2 is 2.11 bits per heavy atom. The van der Waals surface area contributed by atoms with Crippen LogP contribution in [-0.2, 0) is 13.2 Å². The van der Waals surface area contributed by atoms with E-state index in [1.807, 2.05) is 47.3 Å². The molecule has 27 heavy (non-hydrogen) atoms. The molecule has 0 saturated heterocycles. The second-order valence-corrected chi connectivity index (χ2v) is 6.50. The van der Waals surface area contributed by atoms with Crippen LogP contribution in [0.15, 0.2) is 66.0 Å². The molecule has 2 N–H and O–H groups in total. The molecule has 0 aliphatic carbocycles. The zero-order valence-electron chi connectivity index (χ0n) is 14.5. The Morgan fingerprint density at radius 1 is 1.15 bits per heavy atom. The molecule has 0 radical (unpaired) electrons. The van der Waals surface area contributed by atoms with Crippen molar-refractivity contribution in [1.29, 1.82) is 0 Å². The van der Waals surface area contributed by atoms with Gasteiger partial charge in [0, 0.05) is 36.1 Å². The minimum atomic E-state index is -0.00102. The second kappa shape index (κ2) is 6.34. The van der Waals surface area contributed by atoms with E-state index in [0.29, 0.717) is 5.82 Å². The van der Waals surface area contributed by atoms with Crippen LogP contribution in [-0.4, -0.2) is 25.7 Å². The third kappa shape index (κ3) is 2.86. The first kappa shape index (κ1) is 15.7. The molecule has 6 nitrogen and oxygen atoms in total. The number of anilines is 2. The van der Waals surface area contributed by atoms with Crippen LogP contribution >= 0.6 is 0 Å². The SMILES string of the molecule is OCc1cccc(Nc2nc(-c3ccc4c(c3)CN=C4)cn3ccnc23)c1. The summed E-state index contributed by atoms with van der Waals surface area (Å²) in [4.78, 5) is 13.6. The first-order valence-electron chi connectivity index (χ1n) is 8.74. The molecule has 2 aromatic carbocycles. The first-order chi connectivity index (χ1) is 13.3. The maximum atomic E-state index is 9.37. The summed E-state index contributed by atoms with van der Waals surface area (Å²) in [7, 11) is 0. The van der Waals surface area contributed by atoms with Crippen LogP contribution in [0, 0.1) is 0 Å². The van der Waals surface area contributed by atoms with Gasteiger partial charge < -0.3 is 14.8 Å². The van der Waals surface area contributed by atoms with Gasteiger partial charge in [0.2, 0.25) is 0 Å². The van der Waals surface area contributed by atoms with Crippen molar-refractivity contribution in [1.82, 2.24) is 14.4 Å². The highest BCUT2D eigenvalue weighted by Crippen LogP contribution is 2.27. The summed E-state index contributed by atoms with van der Waals surface area (Å²) >= 11 is 0. The number of hydrogen-bond acceptors (Lipinski definition) is 5. The molecule has 1 aliphatic heterocycles. The number of rotatable bonds is 4. The predicted octanol–water partition coefficient (Wildman–Crippen LogP) is 3.56. The highest BCUT2D eigenvalue weighted by molar-refractivity contribution is 5.86. The van der Waals surface area contributed by atoms with E-state index in [4.69, 9.17) is 4.98 Å². The number of nitrogens with zero attached hydrogens (tertiary/aromatic N) is 4. The number of aliphatic hydroxyl groups excluding tert-OH is 1. The number of nitrogens with one attached hydrogen (secondary N) is 1. The quantitative estimate of drug-likeness (QED) is 0.587. The average molecular weight is 355 g/mol. The van der Waals surface area contributed by atoms with E-state index in [-0.39, 0.29) is 6.61 Å². The van der Waals surface area contributed by atoms with Gasteiger partial charge in [-0.25, -0.2) is 9.97 Å². The Hall–Kier alpha value is -3.51. The molecule has 0 unspecified atom stereocenters. The van der Waals surface area contributed by atoms with Gasteiger partial charge in [-0.1, -0.05) is 24.3 Å². The van der Waals surface area contributed by atoms with E-state index < -0.39 is 0 Å². The monoisotopic (exact) mass is 355 g/mol. The van der Waals surface area contributed by atoms with Crippen molar-refractivity contribution in [3.63, 3.8) is 0 Å². The third-order valence-electron chi connectivity index (χ3n) is 4.68. The van der Waals surface area contributed by atoms with Crippen molar-refractivity contribution in [3.05, 3.63) is 77.7 Å². The molecule has 6 heteroatoms. The molecule has 0 amide bonds. The van der Waals surface area contributed by atoms with Gasteiger partial charge in [0.1, 0.15) is 0 Å². The summed E-state index contributed by atoms with van der Waals surface area (Å²) in [5, 5.41) is 12.7. The molecule has 5 rings (SSSR count). The summed E-state index contributed by atoms with van der Waals surface area (Å²) < 4.78 is 1.96. The summed E-state index contributed by atoms with van der Waals surface area (Å²) in [6.45, 7) is 0.717. The lowest BCUT2D eigenvalue weighted by Crippen LogP contribution is -2.01. The maximum absolute atomic E-state index is 9.37. The van der Waals surface area contributed by atoms with E-state index >= 15 is 0 Å². The van der Waals surface area contributed by atoms with Crippen molar-refractivity contribution in [2.75, 3.05) is 5.32 Å². The Morgan fingerprint density at radius 3 is 3.04 bits per heavy atom. The van der Waals surface area contributed by atoms with Crippen LogP contribution in [0.4, 0.5) is 11.5 Å². The average Bonchev–Trinajstić information content (AvgIpc) is 3.36. The van der Waals surface area contributed by atoms with Crippen molar-refractivity contribution < 1.29 is 5.11 Å². The number of imidazole rings is 1. The zero-order chi connectivity index (χ0) is 18.2. The van der Waals surface area contributed by atoms with Gasteiger partial charge in [0.15, 0.2) is 11.5 Å². The maximum Gasteiger partial charge on any atom is 0.180 e. The van der Waals surface area contributed by atoms with Gasteiger partial charge in [-0.2, -0.15) is 0 Å². The number of fused-ring (bicyclic) bond motifs is 2. The molecule has 1 aliphatic rings. The Kier molecular flexibility index (Phi) is 3.69. The van der Waals surface area contributed by atoms with Crippen LogP contribution < -0.4 is 5.32 Å². The predicted molar refractivity (Wildman–Crippen MR) is 105 cm³/mol. The summed E-state index contributed by atoms with van der Waals surface area (Å²) in [6, 6.07) is 13.9. The fraction of sp³-hybridized carbons (Fsp3) is 0.0952. The van der Waals surface area contributed by atoms with E-state index in [2.05, 4.69) is 33.5 Å². The molecule has 3 heterocycles. The Balaban J connectivity index is 1.59. The number of benzene rings is 2. The molecule has 2 aromatic heterocycles. The molecule has 0 spiro atoms. The highest BCUT2D eigenvalue weighted by atomic mass is 16.3. The van der Waals surface area contributed by atoms with Gasteiger partial charge in [0.05, 0.1) is 18.8 Å². The van der Waals surface area contributed by atoms with E-state index in [1.54, 1.807) is 6.20 Å². The molecular formula is C21H17N5O. The molecule has 0 saturated carbocycles. The number of aliphatic imine (C=N–C) groups is 1. The van der Waals surface area contributed by atoms with Crippen molar-refractivity contribution >= 4 is 23.4 Å². The van der Waals surface area contributed by atoms with Crippen LogP contribution in [0.25, 0.3) is 16.9 Å². The first-order valence-corrected chi connectivity index (χ1v) is 8.74. The van der Waals surface area contributed by atoms with Gasteiger partial charge in [-0.15, -0.1) is 0 Å². The molecule has 132 valence electrons. The zero-order valence-corrected chi connectivity index (χ0v) is 14.5. The summed E-state index contributed by atoms with van der Waals surface area (Å²) in [5.41, 5.74) is 6.73. The normalized spacial score (nSPS) is 12.5. The van der Waals surface area contributed by atoms with E-state index in [0.717, 1.165) is 34.7 Å². The van der Waals surface area contributed by atoms with Gasteiger partial charge in [-0.05, 0) is 34.9 Å². The summed E-state index contributed by atoms with van der Waals surface area (Å²) in [6.07, 6.45) is 7.56. The Labute approximate surface area is 155 Å². The lowest BCUT2D eigenvalue weighted by Gasteiger charge is -2.11. The molecular weight excluding hydrogens is 338 g/mol. The third-order valence-corrected chi connectivity index (χ3v) is 4.68. The van der Waals surface area contributed by atoms with E-state index in [1.165, 1.54) is 11.1 Å². The minimum absolute atomic E-state index is 0.00102. The van der Waals surface area contributed by atoms with Crippen molar-refractivity contribution in [2.24, 2.45) is 4.99 Å². The molecule has 0 bridgehead atoms. The fourth-order valence-corrected chi connectivity index (χ4v) is 3.31. The van der Waals surface area contributed by atoms with Crippen LogP contribution in [0.3, 0.4) is 0 Å². The minimum Gasteiger partial charge on any atom is -0.392 e. The van der Waals surface area contributed by atoms with Gasteiger partial charge >= 0.3 is 0 Å². The summed E-state index contributed by atoms with van der Waals surface area (Å²) in [5.74, 6) is 0.671. The molecule has 0 fully saturated rings. The highest BCUT2D eigenvalue weighted by Gasteiger charge is 2.12. The van der Waals surface area contributed by atoms with Crippen LogP contribution in [0.5, 0.6) is 0 Å². The van der Waals surface area contributed by atoms with Crippen LogP contribution in [0.2, 0.25) is 0 Å². The smallest absolute Gasteiger partial charge is 0.180 e. The topological polar surface area (TPSA) is 74.8 Å². The largest absolute Gasteiger partial charge is 0.392 e. The standard InChI is InChI=1S/C21H17N5O/c27-13-14-2-1-3-18(8-14)24-20-21-23-6-7-26(21)12-19(25-20)15-4-5-16-10-22-11-17(16)9-15/h1-10,12,27H,11,13H2,(H,24,25). The fourth-order valence-electron chi connectivity index (χ4n) is 3.31. The van der Waals surface area contributed by atoms with E-state index in [9.17, 15) is 5.11 Å². The lowest BCUT2D eigenvalue weighted by atomic mass is 10.0. The van der Waals surface area contributed by atoms with Gasteiger partial charge in [0.25, 0.3) is 0 Å². The van der Waals surface area contributed by atoms with Crippen molar-refractivity contribution in [2.45, 2.75) is 13.2 Å². The molecule has 0 atom stereocenters. The number of hydrogen-bond donors (Lipinski definition) is 2. The number of aliphatic hydroxyl groups is 1. The van der Waals surface area contributed by atoms with Crippen molar-refractivity contribution in [3.8, 4) is 11.3 Å². The second-order valence-electron chi connectivity index (χ2n) is 6.50. The Bertz CT molecular complexity index is 1180.